The summed E-state index contributed by atoms with van der Waals surface area (Å²) in [4.78, 5) is 10.3. The fraction of sp³-hybridized carbons (Fsp3) is 0.143. The molecule has 1 N–H and O–H groups in total. The van der Waals surface area contributed by atoms with E-state index in [0.717, 1.165) is 0 Å². The number of aliphatic hydroxyl groups is 1. The monoisotopic (exact) mass is 371 g/mol. The summed E-state index contributed by atoms with van der Waals surface area (Å²) in [6.45, 7) is 1.63. The second-order valence-electron chi connectivity index (χ2n) is 4.37. The van der Waals surface area contributed by atoms with Crippen molar-refractivity contribution in [3.05, 3.63) is 61.6 Å². The Kier molecular flexibility index (Phi) is 4.82. The number of aliphatic hydroxyl groups excluding tert-OH is 1. The number of non-ortho nitro benzene ring substituents is 1. The highest BCUT2D eigenvalue weighted by molar-refractivity contribution is 9.10. The molecule has 110 valence electrons. The molecule has 2 aromatic carbocycles. The van der Waals surface area contributed by atoms with Crippen molar-refractivity contribution < 1.29 is 14.8 Å². The van der Waals surface area contributed by atoms with E-state index in [1.165, 1.54) is 12.1 Å². The van der Waals surface area contributed by atoms with E-state index < -0.39 is 11.0 Å². The second-order valence-corrected chi connectivity index (χ2v) is 5.69. The van der Waals surface area contributed by atoms with Gasteiger partial charge in [0.2, 0.25) is 0 Å². The first-order chi connectivity index (χ1) is 9.86. The van der Waals surface area contributed by atoms with Crippen LogP contribution < -0.4 is 4.74 Å². The van der Waals surface area contributed by atoms with Crippen LogP contribution >= 0.6 is 27.5 Å². The van der Waals surface area contributed by atoms with Crippen LogP contribution in [0.3, 0.4) is 0 Å². The van der Waals surface area contributed by atoms with Crippen LogP contribution in [0.5, 0.6) is 11.5 Å². The van der Waals surface area contributed by atoms with E-state index >= 15 is 0 Å². The summed E-state index contributed by atoms with van der Waals surface area (Å²) < 4.78 is 6.10. The molecular weight excluding hydrogens is 362 g/mol. The third-order valence-electron chi connectivity index (χ3n) is 2.73. The smallest absolute Gasteiger partial charge is 0.274 e. The van der Waals surface area contributed by atoms with Gasteiger partial charge in [-0.3, -0.25) is 10.1 Å². The van der Waals surface area contributed by atoms with Crippen molar-refractivity contribution >= 4 is 33.2 Å². The van der Waals surface area contributed by atoms with Crippen molar-refractivity contribution in [2.45, 2.75) is 13.0 Å². The van der Waals surface area contributed by atoms with E-state index in [2.05, 4.69) is 15.9 Å². The highest BCUT2D eigenvalue weighted by Crippen LogP contribution is 2.34. The molecule has 0 aliphatic heterocycles. The number of nitro benzene ring substituents is 1. The fourth-order valence-corrected chi connectivity index (χ4v) is 2.39. The Morgan fingerprint density at radius 3 is 2.62 bits per heavy atom. The molecule has 0 fully saturated rings. The predicted molar refractivity (Wildman–Crippen MR) is 83.0 cm³/mol. The Morgan fingerprint density at radius 2 is 2.05 bits per heavy atom. The quantitative estimate of drug-likeness (QED) is 0.614. The van der Waals surface area contributed by atoms with Gasteiger partial charge in [-0.1, -0.05) is 33.6 Å². The van der Waals surface area contributed by atoms with Crippen molar-refractivity contribution in [3.8, 4) is 11.5 Å². The lowest BCUT2D eigenvalue weighted by molar-refractivity contribution is -0.385. The van der Waals surface area contributed by atoms with Crippen molar-refractivity contribution in [1.82, 2.24) is 0 Å². The maximum Gasteiger partial charge on any atom is 0.274 e. The minimum Gasteiger partial charge on any atom is -0.456 e. The van der Waals surface area contributed by atoms with Crippen LogP contribution in [-0.2, 0) is 0 Å². The van der Waals surface area contributed by atoms with E-state index in [1.54, 1.807) is 31.2 Å². The van der Waals surface area contributed by atoms with Gasteiger partial charge in [0.1, 0.15) is 11.5 Å². The van der Waals surface area contributed by atoms with Gasteiger partial charge >= 0.3 is 0 Å². The Balaban J connectivity index is 2.32. The van der Waals surface area contributed by atoms with Gasteiger partial charge < -0.3 is 9.84 Å². The van der Waals surface area contributed by atoms with Gasteiger partial charge in [0, 0.05) is 10.5 Å². The van der Waals surface area contributed by atoms with Crippen LogP contribution in [-0.4, -0.2) is 10.0 Å². The van der Waals surface area contributed by atoms with Crippen molar-refractivity contribution in [3.63, 3.8) is 0 Å². The molecule has 0 bridgehead atoms. The minimum atomic E-state index is -0.636. The molecule has 1 atom stereocenters. The first-order valence-electron chi connectivity index (χ1n) is 5.97. The van der Waals surface area contributed by atoms with Crippen LogP contribution in [0.15, 0.2) is 40.9 Å². The number of hydrogen-bond acceptors (Lipinski definition) is 4. The number of halogens is 2. The molecule has 21 heavy (non-hydrogen) atoms. The third kappa shape index (κ3) is 3.93. The summed E-state index contributed by atoms with van der Waals surface area (Å²) in [7, 11) is 0. The van der Waals surface area contributed by atoms with Gasteiger partial charge in [0.05, 0.1) is 22.1 Å². The molecule has 0 saturated carbocycles. The summed E-state index contributed by atoms with van der Waals surface area (Å²) in [6.07, 6.45) is -0.636. The Bertz CT molecular complexity index is 691. The van der Waals surface area contributed by atoms with Gasteiger partial charge in [-0.05, 0) is 30.7 Å². The summed E-state index contributed by atoms with van der Waals surface area (Å²) in [5.74, 6) is 0.649. The predicted octanol–water partition coefficient (Wildman–Crippen LogP) is 4.86. The summed E-state index contributed by atoms with van der Waals surface area (Å²) >= 11 is 9.28. The van der Waals surface area contributed by atoms with Crippen LogP contribution in [0.2, 0.25) is 5.02 Å². The number of hydrogen-bond donors (Lipinski definition) is 1. The van der Waals surface area contributed by atoms with Gasteiger partial charge in [-0.15, -0.1) is 0 Å². The lowest BCUT2D eigenvalue weighted by atomic mass is 10.1. The molecule has 0 heterocycles. The number of nitrogens with zero attached hydrogens (tertiary/aromatic N) is 1. The van der Waals surface area contributed by atoms with E-state index in [9.17, 15) is 15.2 Å². The molecule has 5 nitrogen and oxygen atoms in total. The summed E-state index contributed by atoms with van der Waals surface area (Å²) in [6, 6.07) is 9.17. The van der Waals surface area contributed by atoms with Crippen LogP contribution in [0.4, 0.5) is 5.69 Å². The minimum absolute atomic E-state index is 0.0869. The SMILES string of the molecule is C[C@H](O)c1ccc(Oc2cc(Br)cc([N+](=O)[O-])c2)c(Cl)c1. The maximum absolute atomic E-state index is 10.8. The maximum atomic E-state index is 10.8. The average molecular weight is 373 g/mol. The van der Waals surface area contributed by atoms with Gasteiger partial charge in [-0.25, -0.2) is 0 Å². The van der Waals surface area contributed by atoms with Crippen molar-refractivity contribution in [2.75, 3.05) is 0 Å². The number of benzene rings is 2. The zero-order chi connectivity index (χ0) is 15.6. The lowest BCUT2D eigenvalue weighted by Gasteiger charge is -2.10. The molecule has 0 aromatic heterocycles. The second kappa shape index (κ2) is 6.43. The molecule has 7 heteroatoms. The van der Waals surface area contributed by atoms with Gasteiger partial charge in [-0.2, -0.15) is 0 Å². The number of nitro groups is 1. The van der Waals surface area contributed by atoms with Crippen LogP contribution in [0.1, 0.15) is 18.6 Å². The third-order valence-corrected chi connectivity index (χ3v) is 3.49. The molecule has 0 radical (unpaired) electrons. The molecular formula is C14H11BrClNO4. The van der Waals surface area contributed by atoms with Gasteiger partial charge in [0.25, 0.3) is 5.69 Å². The normalized spacial score (nSPS) is 12.0. The lowest BCUT2D eigenvalue weighted by Crippen LogP contribution is -1.93. The van der Waals surface area contributed by atoms with E-state index in [4.69, 9.17) is 16.3 Å². The summed E-state index contributed by atoms with van der Waals surface area (Å²) in [5.41, 5.74) is 0.573. The highest BCUT2D eigenvalue weighted by atomic mass is 79.9. The van der Waals surface area contributed by atoms with Crippen molar-refractivity contribution in [1.29, 1.82) is 0 Å². The Labute approximate surface area is 134 Å². The van der Waals surface area contributed by atoms with E-state index in [-0.39, 0.29) is 5.69 Å². The fourth-order valence-electron chi connectivity index (χ4n) is 1.70. The zero-order valence-electron chi connectivity index (χ0n) is 10.9. The molecule has 0 amide bonds. The molecule has 0 aliphatic rings. The molecule has 0 saturated heterocycles. The zero-order valence-corrected chi connectivity index (χ0v) is 13.3. The number of rotatable bonds is 4. The Morgan fingerprint density at radius 1 is 1.33 bits per heavy atom. The number of ether oxygens (including phenoxy) is 1. The first kappa shape index (κ1) is 15.8. The highest BCUT2D eigenvalue weighted by Gasteiger charge is 2.12. The molecule has 0 aliphatic carbocycles. The van der Waals surface area contributed by atoms with E-state index in [0.29, 0.717) is 26.6 Å². The van der Waals surface area contributed by atoms with Crippen LogP contribution in [0, 0.1) is 10.1 Å². The summed E-state index contributed by atoms with van der Waals surface area (Å²) in [5, 5.41) is 20.6. The standard InChI is InChI=1S/C14H11BrClNO4/c1-8(18)9-2-3-14(13(16)4-9)21-12-6-10(15)5-11(7-12)17(19)20/h2-8,18H,1H3/t8-/m0/s1. The van der Waals surface area contributed by atoms with Gasteiger partial charge in [0.15, 0.2) is 0 Å². The van der Waals surface area contributed by atoms with Crippen molar-refractivity contribution in [2.24, 2.45) is 0 Å². The first-order valence-corrected chi connectivity index (χ1v) is 7.14. The molecule has 0 unspecified atom stereocenters. The van der Waals surface area contributed by atoms with E-state index in [1.807, 2.05) is 0 Å². The topological polar surface area (TPSA) is 72.6 Å². The molecule has 0 spiro atoms. The largest absolute Gasteiger partial charge is 0.456 e. The Hall–Kier alpha value is -1.63. The average Bonchev–Trinajstić information content (AvgIpc) is 2.40. The van der Waals surface area contributed by atoms with Crippen LogP contribution in [0.25, 0.3) is 0 Å². The molecule has 2 rings (SSSR count). The molecule has 2 aromatic rings.